The van der Waals surface area contributed by atoms with E-state index < -0.39 is 23.5 Å². The molecule has 1 amide bonds. The van der Waals surface area contributed by atoms with Gasteiger partial charge in [-0.15, -0.1) is 0 Å². The molecule has 0 saturated carbocycles. The van der Waals surface area contributed by atoms with Crippen molar-refractivity contribution in [2.75, 3.05) is 7.11 Å². The summed E-state index contributed by atoms with van der Waals surface area (Å²) in [5.74, 6) is -0.443. The van der Waals surface area contributed by atoms with E-state index in [1.807, 2.05) is 27.7 Å². The van der Waals surface area contributed by atoms with Crippen molar-refractivity contribution >= 4 is 12.1 Å². The minimum Gasteiger partial charge on any atom is -0.457 e. The molecule has 2 aliphatic heterocycles. The quantitative estimate of drug-likeness (QED) is 0.586. The average molecular weight is 257 g/mol. The van der Waals surface area contributed by atoms with Gasteiger partial charge in [0.05, 0.1) is 12.7 Å². The first-order valence-electron chi connectivity index (χ1n) is 5.93. The lowest BCUT2D eigenvalue weighted by molar-refractivity contribution is -0.143. The highest BCUT2D eigenvalue weighted by Crippen LogP contribution is 2.48. The molecular formula is C12H19NO5. The van der Waals surface area contributed by atoms with Gasteiger partial charge in [-0.3, -0.25) is 0 Å². The van der Waals surface area contributed by atoms with Crippen molar-refractivity contribution in [3.8, 4) is 0 Å². The number of hydrogen-bond donors (Lipinski definition) is 1. The third-order valence-electron chi connectivity index (χ3n) is 3.74. The summed E-state index contributed by atoms with van der Waals surface area (Å²) < 4.78 is 15.4. The molecule has 0 bridgehead atoms. The van der Waals surface area contributed by atoms with Gasteiger partial charge in [-0.05, 0) is 13.8 Å². The van der Waals surface area contributed by atoms with Gasteiger partial charge >= 0.3 is 12.1 Å². The first-order valence-corrected chi connectivity index (χ1v) is 5.93. The molecule has 0 aromatic rings. The number of carbonyl (C=O) groups excluding carboxylic acids is 2. The van der Waals surface area contributed by atoms with Gasteiger partial charge in [0.15, 0.2) is 0 Å². The molecular weight excluding hydrogens is 238 g/mol. The summed E-state index contributed by atoms with van der Waals surface area (Å²) in [5.41, 5.74) is -0.813. The van der Waals surface area contributed by atoms with E-state index in [-0.39, 0.29) is 17.8 Å². The maximum absolute atomic E-state index is 11.8. The number of esters is 1. The average Bonchev–Trinajstić information content (AvgIpc) is 2.83. The highest BCUT2D eigenvalue weighted by molar-refractivity contribution is 5.84. The molecule has 0 aliphatic carbocycles. The SMILES string of the molecule is COC(=O)NC1C(=O)O[C@H]([C@H]2OC2(C)C)C1(C)C. The Kier molecular flexibility index (Phi) is 2.81. The summed E-state index contributed by atoms with van der Waals surface area (Å²) >= 11 is 0. The first kappa shape index (κ1) is 13.1. The molecule has 3 atom stereocenters. The van der Waals surface area contributed by atoms with E-state index in [1.54, 1.807) is 0 Å². The predicted octanol–water partition coefficient (Wildman–Crippen LogP) is 0.840. The van der Waals surface area contributed by atoms with Crippen LogP contribution in [0, 0.1) is 5.41 Å². The van der Waals surface area contributed by atoms with Gasteiger partial charge in [0.2, 0.25) is 0 Å². The van der Waals surface area contributed by atoms with Crippen molar-refractivity contribution in [2.24, 2.45) is 5.41 Å². The molecule has 2 fully saturated rings. The Morgan fingerprint density at radius 2 is 1.83 bits per heavy atom. The van der Waals surface area contributed by atoms with Gasteiger partial charge in [0.1, 0.15) is 18.2 Å². The number of methoxy groups -OCH3 is 1. The Bertz CT molecular complexity index is 390. The molecule has 1 unspecified atom stereocenters. The number of hydrogen-bond acceptors (Lipinski definition) is 5. The summed E-state index contributed by atoms with van der Waals surface area (Å²) in [4.78, 5) is 23.1. The predicted molar refractivity (Wildman–Crippen MR) is 61.9 cm³/mol. The molecule has 0 radical (unpaired) electrons. The smallest absolute Gasteiger partial charge is 0.407 e. The summed E-state index contributed by atoms with van der Waals surface area (Å²) in [6, 6.07) is -0.713. The molecule has 6 nitrogen and oxygen atoms in total. The zero-order valence-electron chi connectivity index (χ0n) is 11.3. The molecule has 102 valence electrons. The fourth-order valence-corrected chi connectivity index (χ4v) is 2.41. The number of ether oxygens (including phenoxy) is 3. The van der Waals surface area contributed by atoms with E-state index in [0.717, 1.165) is 0 Å². The molecule has 2 rings (SSSR count). The Labute approximate surface area is 106 Å². The van der Waals surface area contributed by atoms with E-state index >= 15 is 0 Å². The number of rotatable bonds is 2. The largest absolute Gasteiger partial charge is 0.457 e. The molecule has 2 saturated heterocycles. The monoisotopic (exact) mass is 257 g/mol. The number of nitrogens with one attached hydrogen (secondary N) is 1. The number of carbonyl (C=O) groups is 2. The van der Waals surface area contributed by atoms with E-state index in [1.165, 1.54) is 7.11 Å². The van der Waals surface area contributed by atoms with Gasteiger partial charge < -0.3 is 19.5 Å². The van der Waals surface area contributed by atoms with Gasteiger partial charge in [-0.2, -0.15) is 0 Å². The topological polar surface area (TPSA) is 77.2 Å². The number of alkyl carbamates (subject to hydrolysis) is 1. The highest BCUT2D eigenvalue weighted by atomic mass is 16.6. The zero-order valence-corrected chi connectivity index (χ0v) is 11.3. The van der Waals surface area contributed by atoms with Crippen LogP contribution in [0.5, 0.6) is 0 Å². The van der Waals surface area contributed by atoms with Gasteiger partial charge in [0, 0.05) is 5.41 Å². The fourth-order valence-electron chi connectivity index (χ4n) is 2.41. The molecule has 1 N–H and O–H groups in total. The summed E-state index contributed by atoms with van der Waals surface area (Å²) in [7, 11) is 1.26. The van der Waals surface area contributed by atoms with Crippen molar-refractivity contribution in [3.05, 3.63) is 0 Å². The van der Waals surface area contributed by atoms with Crippen LogP contribution >= 0.6 is 0 Å². The van der Waals surface area contributed by atoms with Gasteiger partial charge in [-0.25, -0.2) is 9.59 Å². The molecule has 0 aromatic carbocycles. The third-order valence-corrected chi connectivity index (χ3v) is 3.74. The Hall–Kier alpha value is -1.30. The molecule has 0 spiro atoms. The summed E-state index contributed by atoms with van der Waals surface area (Å²) in [6.07, 6.45) is -1.12. The van der Waals surface area contributed by atoms with Crippen LogP contribution in [0.15, 0.2) is 0 Å². The molecule has 0 aromatic heterocycles. The second-order valence-corrected chi connectivity index (χ2v) is 5.89. The van der Waals surface area contributed by atoms with E-state index in [0.29, 0.717) is 0 Å². The second kappa shape index (κ2) is 3.85. The number of cyclic esters (lactones) is 1. The van der Waals surface area contributed by atoms with Crippen LogP contribution in [0.1, 0.15) is 27.7 Å². The second-order valence-electron chi connectivity index (χ2n) is 5.89. The lowest BCUT2D eigenvalue weighted by atomic mass is 9.78. The van der Waals surface area contributed by atoms with Crippen molar-refractivity contribution < 1.29 is 23.8 Å². The summed E-state index contributed by atoms with van der Waals surface area (Å²) in [6.45, 7) is 7.65. The van der Waals surface area contributed by atoms with E-state index in [4.69, 9.17) is 9.47 Å². The Morgan fingerprint density at radius 3 is 2.28 bits per heavy atom. The van der Waals surface area contributed by atoms with Crippen molar-refractivity contribution in [3.63, 3.8) is 0 Å². The number of epoxide rings is 1. The highest BCUT2D eigenvalue weighted by Gasteiger charge is 2.64. The lowest BCUT2D eigenvalue weighted by Gasteiger charge is -2.27. The van der Waals surface area contributed by atoms with Crippen molar-refractivity contribution in [1.82, 2.24) is 5.32 Å². The number of amides is 1. The van der Waals surface area contributed by atoms with Crippen LogP contribution in [0.25, 0.3) is 0 Å². The normalized spacial score (nSPS) is 35.8. The maximum Gasteiger partial charge on any atom is 0.407 e. The van der Waals surface area contributed by atoms with Crippen LogP contribution in [0.4, 0.5) is 4.79 Å². The Morgan fingerprint density at radius 1 is 1.28 bits per heavy atom. The van der Waals surface area contributed by atoms with E-state index in [2.05, 4.69) is 10.1 Å². The molecule has 6 heteroatoms. The minimum atomic E-state index is -0.713. The lowest BCUT2D eigenvalue weighted by Crippen LogP contribution is -2.49. The van der Waals surface area contributed by atoms with Crippen molar-refractivity contribution in [2.45, 2.75) is 51.5 Å². The van der Waals surface area contributed by atoms with Crippen LogP contribution in [-0.2, 0) is 19.0 Å². The zero-order chi connectivity index (χ0) is 13.7. The van der Waals surface area contributed by atoms with Crippen molar-refractivity contribution in [1.29, 1.82) is 0 Å². The third kappa shape index (κ3) is 1.94. The summed E-state index contributed by atoms with van der Waals surface area (Å²) in [5, 5.41) is 2.52. The first-order chi connectivity index (χ1) is 8.20. The van der Waals surface area contributed by atoms with Crippen LogP contribution in [0.2, 0.25) is 0 Å². The van der Waals surface area contributed by atoms with Crippen LogP contribution < -0.4 is 5.32 Å². The van der Waals surface area contributed by atoms with E-state index in [9.17, 15) is 9.59 Å². The van der Waals surface area contributed by atoms with Crippen LogP contribution in [0.3, 0.4) is 0 Å². The Balaban J connectivity index is 2.14. The molecule has 2 aliphatic rings. The molecule has 2 heterocycles. The molecule has 18 heavy (non-hydrogen) atoms. The minimum absolute atomic E-state index is 0.124. The van der Waals surface area contributed by atoms with Gasteiger partial charge in [0.25, 0.3) is 0 Å². The van der Waals surface area contributed by atoms with Crippen LogP contribution in [-0.4, -0.2) is 43.0 Å². The fraction of sp³-hybridized carbons (Fsp3) is 0.833. The van der Waals surface area contributed by atoms with Gasteiger partial charge in [-0.1, -0.05) is 13.8 Å². The standard InChI is InChI=1S/C12H19NO5/c1-11(2)6(13-10(15)16-5)9(14)17-7(11)8-12(3,4)18-8/h6-8H,1-5H3,(H,13,15)/t6?,7-,8-/m1/s1. The maximum atomic E-state index is 11.8.